The van der Waals surface area contributed by atoms with Gasteiger partial charge in [-0.25, -0.2) is 0 Å². The van der Waals surface area contributed by atoms with E-state index in [1.807, 2.05) is 0 Å². The maximum Gasteiger partial charge on any atom is 0.0729 e. The molecule has 0 fully saturated rings. The summed E-state index contributed by atoms with van der Waals surface area (Å²) in [5.41, 5.74) is 11.9. The highest BCUT2D eigenvalue weighted by Crippen LogP contribution is 2.47. The first-order valence-corrected chi connectivity index (χ1v) is 7.03. The monoisotopic (exact) mass is 258 g/mol. The number of nitrogens with zero attached hydrogens (tertiary/aromatic N) is 1. The third-order valence-corrected chi connectivity index (χ3v) is 4.85. The Labute approximate surface area is 111 Å². The second-order valence-corrected chi connectivity index (χ2v) is 5.98. The molecular formula is C15H15ClN2. The first-order valence-electron chi connectivity index (χ1n) is 6.60. The minimum Gasteiger partial charge on any atom is -0.398 e. The van der Waals surface area contributed by atoms with Crippen molar-refractivity contribution in [2.24, 2.45) is 0 Å². The summed E-state index contributed by atoms with van der Waals surface area (Å²) < 4.78 is 0. The molecule has 2 aliphatic rings. The van der Waals surface area contributed by atoms with E-state index >= 15 is 0 Å². The summed E-state index contributed by atoms with van der Waals surface area (Å²) in [6.07, 6.45) is 4.46. The van der Waals surface area contributed by atoms with E-state index in [0.717, 1.165) is 47.8 Å². The third-order valence-electron chi connectivity index (χ3n) is 4.41. The molecule has 2 aromatic rings. The van der Waals surface area contributed by atoms with Crippen LogP contribution in [0.5, 0.6) is 0 Å². The summed E-state index contributed by atoms with van der Waals surface area (Å²) in [7, 11) is 0. The van der Waals surface area contributed by atoms with Crippen LogP contribution in [-0.2, 0) is 6.42 Å². The minimum atomic E-state index is 0.0345. The van der Waals surface area contributed by atoms with E-state index < -0.39 is 0 Å². The van der Waals surface area contributed by atoms with Gasteiger partial charge >= 0.3 is 0 Å². The molecule has 2 N–H and O–H groups in total. The van der Waals surface area contributed by atoms with E-state index in [2.05, 4.69) is 18.2 Å². The molecule has 0 saturated heterocycles. The fourth-order valence-corrected chi connectivity index (χ4v) is 3.77. The van der Waals surface area contributed by atoms with Gasteiger partial charge in [0.15, 0.2) is 0 Å². The van der Waals surface area contributed by atoms with Crippen LogP contribution in [0.4, 0.5) is 5.69 Å². The topological polar surface area (TPSA) is 38.9 Å². The largest absolute Gasteiger partial charge is 0.398 e. The number of benzene rings is 1. The molecule has 0 radical (unpaired) electrons. The lowest BCUT2D eigenvalue weighted by molar-refractivity contribution is 0.501. The molecule has 0 saturated carbocycles. The summed E-state index contributed by atoms with van der Waals surface area (Å²) in [6, 6.07) is 6.46. The van der Waals surface area contributed by atoms with E-state index in [-0.39, 0.29) is 5.38 Å². The molecule has 2 unspecified atom stereocenters. The number of rotatable bonds is 0. The van der Waals surface area contributed by atoms with Gasteiger partial charge < -0.3 is 5.73 Å². The van der Waals surface area contributed by atoms with Gasteiger partial charge in [-0.05, 0) is 37.3 Å². The highest BCUT2D eigenvalue weighted by molar-refractivity contribution is 6.22. The summed E-state index contributed by atoms with van der Waals surface area (Å²) in [5.74, 6) is 0.542. The molecule has 92 valence electrons. The molecule has 2 atom stereocenters. The summed E-state index contributed by atoms with van der Waals surface area (Å²) in [5, 5.41) is 1.10. The van der Waals surface area contributed by atoms with Crippen molar-refractivity contribution < 1.29 is 0 Å². The van der Waals surface area contributed by atoms with Crippen LogP contribution in [0.25, 0.3) is 10.9 Å². The average Bonchev–Trinajstić information content (AvgIpc) is 2.36. The quantitative estimate of drug-likeness (QED) is 0.728. The Morgan fingerprint density at radius 1 is 1.22 bits per heavy atom. The normalized spacial score (nSPS) is 25.4. The number of aromatic nitrogens is 1. The van der Waals surface area contributed by atoms with Crippen molar-refractivity contribution in [3.63, 3.8) is 0 Å². The molecule has 1 aromatic heterocycles. The minimum absolute atomic E-state index is 0.0345. The smallest absolute Gasteiger partial charge is 0.0729 e. The van der Waals surface area contributed by atoms with Crippen molar-refractivity contribution in [1.82, 2.24) is 4.98 Å². The van der Waals surface area contributed by atoms with Crippen LogP contribution in [0, 0.1) is 0 Å². The average molecular weight is 259 g/mol. The van der Waals surface area contributed by atoms with Crippen LogP contribution >= 0.6 is 11.6 Å². The van der Waals surface area contributed by atoms with E-state index in [1.165, 1.54) is 11.3 Å². The molecule has 3 bridgehead atoms. The van der Waals surface area contributed by atoms with Crippen molar-refractivity contribution in [1.29, 1.82) is 0 Å². The Kier molecular flexibility index (Phi) is 2.13. The number of alkyl halides is 1. The predicted octanol–water partition coefficient (Wildman–Crippen LogP) is 3.92. The first kappa shape index (κ1) is 10.6. The van der Waals surface area contributed by atoms with Crippen molar-refractivity contribution in [2.75, 3.05) is 5.73 Å². The van der Waals surface area contributed by atoms with Crippen molar-refractivity contribution in [3.05, 3.63) is 35.0 Å². The zero-order chi connectivity index (χ0) is 12.3. The van der Waals surface area contributed by atoms with Gasteiger partial charge in [-0.15, -0.1) is 11.6 Å². The molecule has 1 aliphatic carbocycles. The maximum absolute atomic E-state index is 6.47. The lowest BCUT2D eigenvalue weighted by Gasteiger charge is -2.31. The fourth-order valence-electron chi connectivity index (χ4n) is 3.42. The Balaban J connectivity index is 2.15. The first-order chi connectivity index (χ1) is 8.74. The van der Waals surface area contributed by atoms with E-state index in [1.54, 1.807) is 0 Å². The lowest BCUT2D eigenvalue weighted by Crippen LogP contribution is -2.18. The van der Waals surface area contributed by atoms with Gasteiger partial charge in [0.25, 0.3) is 0 Å². The Bertz CT molecular complexity index is 650. The fraction of sp³-hybridized carbons (Fsp3) is 0.400. The zero-order valence-electron chi connectivity index (χ0n) is 10.1. The standard InChI is InChI=1S/C15H15ClN2/c16-11-6-4-9-3-1-8-2-5-10-12(7-8)18-15(9)13(11)14(10)17/h2,5,7,9,11H,1,3-4,6H2,(H2,17,18). The number of nitrogen functional groups attached to an aromatic ring is 1. The number of fused-ring (bicyclic) bond motifs is 1. The number of hydrogen-bond donors (Lipinski definition) is 1. The van der Waals surface area contributed by atoms with Gasteiger partial charge in [0.2, 0.25) is 0 Å². The van der Waals surface area contributed by atoms with E-state index in [9.17, 15) is 0 Å². The van der Waals surface area contributed by atoms with Crippen LogP contribution < -0.4 is 5.73 Å². The molecule has 1 aromatic carbocycles. The molecular weight excluding hydrogens is 244 g/mol. The molecule has 18 heavy (non-hydrogen) atoms. The molecule has 2 heterocycles. The number of aryl methyl sites for hydroxylation is 1. The van der Waals surface area contributed by atoms with Gasteiger partial charge in [-0.2, -0.15) is 0 Å². The number of halogens is 1. The highest BCUT2D eigenvalue weighted by Gasteiger charge is 2.31. The van der Waals surface area contributed by atoms with Gasteiger partial charge in [0.05, 0.1) is 16.6 Å². The van der Waals surface area contributed by atoms with E-state index in [4.69, 9.17) is 22.3 Å². The summed E-state index contributed by atoms with van der Waals surface area (Å²) >= 11 is 6.47. The Morgan fingerprint density at radius 2 is 2.11 bits per heavy atom. The Hall–Kier alpha value is -1.28. The second kappa shape index (κ2) is 3.61. The number of hydrogen-bond acceptors (Lipinski definition) is 2. The molecule has 1 aliphatic heterocycles. The summed E-state index contributed by atoms with van der Waals surface area (Å²) in [4.78, 5) is 4.86. The van der Waals surface area contributed by atoms with Gasteiger partial charge in [0.1, 0.15) is 0 Å². The van der Waals surface area contributed by atoms with Crippen molar-refractivity contribution in [3.8, 4) is 0 Å². The molecule has 0 amide bonds. The molecule has 2 nitrogen and oxygen atoms in total. The van der Waals surface area contributed by atoms with Gasteiger partial charge in [0, 0.05) is 22.6 Å². The Morgan fingerprint density at radius 3 is 3.00 bits per heavy atom. The molecule has 4 rings (SSSR count). The zero-order valence-corrected chi connectivity index (χ0v) is 10.9. The van der Waals surface area contributed by atoms with E-state index in [0.29, 0.717) is 5.92 Å². The van der Waals surface area contributed by atoms with Crippen molar-refractivity contribution >= 4 is 28.2 Å². The maximum atomic E-state index is 6.47. The predicted molar refractivity (Wildman–Crippen MR) is 75.0 cm³/mol. The highest BCUT2D eigenvalue weighted by atomic mass is 35.5. The van der Waals surface area contributed by atoms with Crippen LogP contribution in [-0.4, -0.2) is 4.98 Å². The summed E-state index contributed by atoms with van der Waals surface area (Å²) in [6.45, 7) is 0. The number of pyridine rings is 1. The van der Waals surface area contributed by atoms with Crippen molar-refractivity contribution in [2.45, 2.75) is 37.0 Å². The van der Waals surface area contributed by atoms with Crippen LogP contribution in [0.3, 0.4) is 0 Å². The van der Waals surface area contributed by atoms with Crippen LogP contribution in [0.1, 0.15) is 47.4 Å². The second-order valence-electron chi connectivity index (χ2n) is 5.46. The number of nitrogens with two attached hydrogens (primary N) is 1. The van der Waals surface area contributed by atoms with Crippen LogP contribution in [0.15, 0.2) is 18.2 Å². The number of anilines is 1. The third kappa shape index (κ3) is 1.33. The van der Waals surface area contributed by atoms with Gasteiger partial charge in [-0.1, -0.05) is 12.1 Å². The van der Waals surface area contributed by atoms with Gasteiger partial charge in [-0.3, -0.25) is 4.98 Å². The SMILES string of the molecule is Nc1c2c3nc4cc(ccc14)CCC3CCC2Cl. The molecule has 0 spiro atoms. The lowest BCUT2D eigenvalue weighted by atomic mass is 9.80. The van der Waals surface area contributed by atoms with Crippen LogP contribution in [0.2, 0.25) is 0 Å². The molecule has 3 heteroatoms.